The van der Waals surface area contributed by atoms with Gasteiger partial charge in [0.25, 0.3) is 0 Å². The van der Waals surface area contributed by atoms with Gasteiger partial charge in [-0.15, -0.1) is 0 Å². The first-order chi connectivity index (χ1) is 6.07. The summed E-state index contributed by atoms with van der Waals surface area (Å²) in [6.07, 6.45) is 0. The summed E-state index contributed by atoms with van der Waals surface area (Å²) in [7, 11) is -1.66. The van der Waals surface area contributed by atoms with Gasteiger partial charge in [-0.05, 0) is 6.92 Å². The Hall–Kier alpha value is -1.05. The van der Waals surface area contributed by atoms with E-state index in [-0.39, 0.29) is 24.4 Å². The van der Waals surface area contributed by atoms with Crippen molar-refractivity contribution in [2.45, 2.75) is 13.5 Å². The van der Waals surface area contributed by atoms with Gasteiger partial charge in [-0.1, -0.05) is 0 Å². The summed E-state index contributed by atoms with van der Waals surface area (Å²) < 4.78 is 1.29. The molecule has 0 unspecified atom stereocenters. The molecule has 13 heavy (non-hydrogen) atoms. The fourth-order valence-corrected chi connectivity index (χ4v) is 1.15. The van der Waals surface area contributed by atoms with Crippen LogP contribution in [0.5, 0.6) is 0 Å². The van der Waals surface area contributed by atoms with Crippen LogP contribution in [0.2, 0.25) is 0 Å². The Kier molecular flexibility index (Phi) is 2.92. The number of anilines is 1. The molecule has 72 valence electrons. The number of hydrogen-bond donors (Lipinski definition) is 4. The van der Waals surface area contributed by atoms with Crippen LogP contribution in [0.15, 0.2) is 0 Å². The third-order valence-electron chi connectivity index (χ3n) is 1.77. The zero-order valence-corrected chi connectivity index (χ0v) is 7.30. The Morgan fingerprint density at radius 2 is 2.15 bits per heavy atom. The van der Waals surface area contributed by atoms with E-state index in [0.29, 0.717) is 5.69 Å². The lowest BCUT2D eigenvalue weighted by Gasteiger charge is -2.04. The molecule has 0 aliphatic heterocycles. The average Bonchev–Trinajstić information content (AvgIpc) is 2.28. The molecule has 0 radical (unpaired) electrons. The second-order valence-electron chi connectivity index (χ2n) is 2.70. The van der Waals surface area contributed by atoms with E-state index in [1.807, 2.05) is 0 Å². The predicted molar refractivity (Wildman–Crippen MR) is 48.3 cm³/mol. The van der Waals surface area contributed by atoms with Gasteiger partial charge in [-0.3, -0.25) is 4.68 Å². The monoisotopic (exact) mass is 185 g/mol. The number of rotatable bonds is 3. The number of aliphatic hydroxyl groups excluding tert-OH is 1. The van der Waals surface area contributed by atoms with Crippen LogP contribution >= 0.6 is 0 Å². The van der Waals surface area contributed by atoms with Crippen LogP contribution in [0.3, 0.4) is 0 Å². The van der Waals surface area contributed by atoms with Crippen molar-refractivity contribution in [1.82, 2.24) is 9.78 Å². The van der Waals surface area contributed by atoms with Crippen molar-refractivity contribution in [3.8, 4) is 0 Å². The zero-order valence-electron chi connectivity index (χ0n) is 7.30. The van der Waals surface area contributed by atoms with Gasteiger partial charge in [0.1, 0.15) is 0 Å². The fourth-order valence-electron chi connectivity index (χ4n) is 1.15. The molecule has 0 saturated carbocycles. The third-order valence-corrected chi connectivity index (χ3v) is 1.77. The Bertz CT molecular complexity index is 300. The molecule has 0 amide bonds. The van der Waals surface area contributed by atoms with Gasteiger partial charge in [-0.25, -0.2) is 0 Å². The summed E-state index contributed by atoms with van der Waals surface area (Å²) in [5, 5.41) is 30.5. The van der Waals surface area contributed by atoms with Gasteiger partial charge < -0.3 is 20.9 Å². The maximum atomic E-state index is 8.96. The number of aliphatic hydroxyl groups is 1. The van der Waals surface area contributed by atoms with Crippen molar-refractivity contribution in [2.24, 2.45) is 0 Å². The van der Waals surface area contributed by atoms with Crippen LogP contribution in [0.4, 0.5) is 5.69 Å². The third kappa shape index (κ3) is 1.82. The molecule has 0 spiro atoms. The fraction of sp³-hybridized carbons (Fsp3) is 0.500. The van der Waals surface area contributed by atoms with Crippen molar-refractivity contribution in [1.29, 1.82) is 0 Å². The van der Waals surface area contributed by atoms with E-state index in [1.54, 1.807) is 6.92 Å². The molecule has 1 aromatic heterocycles. The minimum absolute atomic E-state index is 0.125. The largest absolute Gasteiger partial charge is 0.509 e. The molecule has 1 rings (SSSR count). The van der Waals surface area contributed by atoms with Gasteiger partial charge in [0.05, 0.1) is 30.1 Å². The number of nitrogen functional groups attached to an aromatic ring is 1. The van der Waals surface area contributed by atoms with Crippen LogP contribution in [0, 0.1) is 6.92 Å². The van der Waals surface area contributed by atoms with Crippen molar-refractivity contribution in [3.63, 3.8) is 0 Å². The first-order valence-electron chi connectivity index (χ1n) is 3.87. The highest BCUT2D eigenvalue weighted by molar-refractivity contribution is 6.59. The second-order valence-corrected chi connectivity index (χ2v) is 2.70. The summed E-state index contributed by atoms with van der Waals surface area (Å²) in [5.41, 5.74) is 6.46. The van der Waals surface area contributed by atoms with Crippen molar-refractivity contribution >= 4 is 18.4 Å². The SMILES string of the molecule is Cc1nn(CCO)c(B(O)O)c1N. The molecule has 0 aromatic carbocycles. The summed E-state index contributed by atoms with van der Waals surface area (Å²) in [4.78, 5) is 0. The first-order valence-corrected chi connectivity index (χ1v) is 3.87. The van der Waals surface area contributed by atoms with Crippen LogP contribution in [0.25, 0.3) is 0 Å². The zero-order chi connectivity index (χ0) is 10.0. The Balaban J connectivity index is 3.11. The molecule has 0 fully saturated rings. The number of hydrogen-bond acceptors (Lipinski definition) is 5. The summed E-state index contributed by atoms with van der Waals surface area (Å²) in [5.74, 6) is 0. The highest BCUT2D eigenvalue weighted by Gasteiger charge is 2.23. The minimum Gasteiger partial charge on any atom is -0.422 e. The number of nitrogens with two attached hydrogens (primary N) is 1. The van der Waals surface area contributed by atoms with Crippen LogP contribution < -0.4 is 11.3 Å². The molecular weight excluding hydrogens is 173 g/mol. The van der Waals surface area contributed by atoms with E-state index in [2.05, 4.69) is 5.10 Å². The van der Waals surface area contributed by atoms with Crippen LogP contribution in [0.1, 0.15) is 5.69 Å². The molecule has 0 atom stereocenters. The van der Waals surface area contributed by atoms with Crippen LogP contribution in [-0.4, -0.2) is 38.7 Å². The molecule has 1 heterocycles. The lowest BCUT2D eigenvalue weighted by atomic mass is 9.84. The Morgan fingerprint density at radius 1 is 1.54 bits per heavy atom. The summed E-state index contributed by atoms with van der Waals surface area (Å²) >= 11 is 0. The molecule has 6 nitrogen and oxygen atoms in total. The highest BCUT2D eigenvalue weighted by Crippen LogP contribution is 2.04. The highest BCUT2D eigenvalue weighted by atomic mass is 16.4. The quantitative estimate of drug-likeness (QED) is 0.388. The molecule has 0 aliphatic carbocycles. The Morgan fingerprint density at radius 3 is 2.62 bits per heavy atom. The minimum atomic E-state index is -1.66. The van der Waals surface area contributed by atoms with Gasteiger partial charge in [-0.2, -0.15) is 5.10 Å². The van der Waals surface area contributed by atoms with Gasteiger partial charge in [0.2, 0.25) is 0 Å². The van der Waals surface area contributed by atoms with E-state index in [1.165, 1.54) is 4.68 Å². The van der Waals surface area contributed by atoms with Gasteiger partial charge in [0.15, 0.2) is 0 Å². The molecular formula is C6H12BN3O3. The predicted octanol–water partition coefficient (Wildman–Crippen LogP) is -2.55. The van der Waals surface area contributed by atoms with Crippen molar-refractivity contribution in [3.05, 3.63) is 5.69 Å². The van der Waals surface area contributed by atoms with E-state index >= 15 is 0 Å². The van der Waals surface area contributed by atoms with Gasteiger partial charge in [0, 0.05) is 0 Å². The molecule has 7 heteroatoms. The lowest BCUT2D eigenvalue weighted by Crippen LogP contribution is -2.39. The van der Waals surface area contributed by atoms with E-state index in [9.17, 15) is 0 Å². The van der Waals surface area contributed by atoms with Crippen molar-refractivity contribution < 1.29 is 15.2 Å². The number of aromatic nitrogens is 2. The second kappa shape index (κ2) is 3.78. The topological polar surface area (TPSA) is 105 Å². The van der Waals surface area contributed by atoms with Crippen molar-refractivity contribution in [2.75, 3.05) is 12.3 Å². The van der Waals surface area contributed by atoms with E-state index in [0.717, 1.165) is 0 Å². The molecule has 5 N–H and O–H groups in total. The lowest BCUT2D eigenvalue weighted by molar-refractivity contribution is 0.270. The molecule has 1 aromatic rings. The molecule has 0 bridgehead atoms. The molecule has 0 saturated heterocycles. The van der Waals surface area contributed by atoms with E-state index < -0.39 is 7.12 Å². The number of aryl methyl sites for hydroxylation is 1. The average molecular weight is 185 g/mol. The van der Waals surface area contributed by atoms with E-state index in [4.69, 9.17) is 20.9 Å². The summed E-state index contributed by atoms with van der Waals surface area (Å²) in [6.45, 7) is 1.74. The standard InChI is InChI=1S/C6H12BN3O3/c1-4-5(8)6(7(12)13)10(9-4)2-3-11/h11-13H,2-3,8H2,1H3. The van der Waals surface area contributed by atoms with Crippen LogP contribution in [-0.2, 0) is 6.54 Å². The summed E-state index contributed by atoms with van der Waals surface area (Å²) in [6, 6.07) is 0. The maximum Gasteiger partial charge on any atom is 0.509 e. The Labute approximate surface area is 75.7 Å². The maximum absolute atomic E-state index is 8.96. The smallest absolute Gasteiger partial charge is 0.422 e. The first kappa shape index (κ1) is 10.0. The normalized spacial score (nSPS) is 10.5. The molecule has 0 aliphatic rings. The number of nitrogens with zero attached hydrogens (tertiary/aromatic N) is 2. The van der Waals surface area contributed by atoms with Gasteiger partial charge >= 0.3 is 7.12 Å².